The number of likely N-dealkylation sites (N-methyl/N-ethyl adjacent to an activating group) is 1. The van der Waals surface area contributed by atoms with E-state index < -0.39 is 0 Å². The van der Waals surface area contributed by atoms with E-state index in [4.69, 9.17) is 10.5 Å². The molecule has 1 aliphatic rings. The number of hydrogen-bond donors (Lipinski definition) is 1. The largest absolute Gasteiger partial charge is 0.482 e. The van der Waals surface area contributed by atoms with Gasteiger partial charge in [-0.05, 0) is 30.7 Å². The highest BCUT2D eigenvalue weighted by atomic mass is 16.5. The molecule has 1 atom stereocenters. The Kier molecular flexibility index (Phi) is 3.95. The molecule has 19 heavy (non-hydrogen) atoms. The Labute approximate surface area is 113 Å². The summed E-state index contributed by atoms with van der Waals surface area (Å²) in [5.41, 5.74) is 7.53. The van der Waals surface area contributed by atoms with Crippen LogP contribution in [0.4, 0.5) is 11.4 Å². The van der Waals surface area contributed by atoms with Crippen LogP contribution in [0.2, 0.25) is 0 Å². The fourth-order valence-corrected chi connectivity index (χ4v) is 2.15. The molecule has 0 spiro atoms. The average molecular weight is 263 g/mol. The SMILES string of the molecule is CC(CN)CN(C)c1ccc2c(c1)N(C)C(=O)CO2. The molecule has 104 valence electrons. The minimum Gasteiger partial charge on any atom is -0.482 e. The van der Waals surface area contributed by atoms with E-state index in [-0.39, 0.29) is 12.5 Å². The van der Waals surface area contributed by atoms with E-state index in [2.05, 4.69) is 11.8 Å². The van der Waals surface area contributed by atoms with Crippen LogP contribution in [0.3, 0.4) is 0 Å². The third-order valence-corrected chi connectivity index (χ3v) is 3.46. The van der Waals surface area contributed by atoms with E-state index >= 15 is 0 Å². The van der Waals surface area contributed by atoms with Crippen molar-refractivity contribution in [2.24, 2.45) is 11.7 Å². The molecule has 5 heteroatoms. The van der Waals surface area contributed by atoms with E-state index in [1.165, 1.54) is 0 Å². The molecule has 1 heterocycles. The lowest BCUT2D eigenvalue weighted by Crippen LogP contribution is -2.35. The van der Waals surface area contributed by atoms with Crippen LogP contribution in [0.15, 0.2) is 18.2 Å². The smallest absolute Gasteiger partial charge is 0.264 e. The first-order valence-electron chi connectivity index (χ1n) is 6.47. The molecule has 1 amide bonds. The van der Waals surface area contributed by atoms with Crippen molar-refractivity contribution in [3.63, 3.8) is 0 Å². The molecule has 0 aliphatic carbocycles. The van der Waals surface area contributed by atoms with Crippen LogP contribution in [0, 0.1) is 5.92 Å². The van der Waals surface area contributed by atoms with Crippen LogP contribution in [0.1, 0.15) is 6.92 Å². The lowest BCUT2D eigenvalue weighted by molar-refractivity contribution is -0.120. The van der Waals surface area contributed by atoms with Gasteiger partial charge >= 0.3 is 0 Å². The number of rotatable bonds is 4. The van der Waals surface area contributed by atoms with Crippen LogP contribution < -0.4 is 20.3 Å². The third kappa shape index (κ3) is 2.81. The minimum absolute atomic E-state index is 0.0253. The molecule has 1 unspecified atom stereocenters. The Balaban J connectivity index is 2.22. The zero-order valence-corrected chi connectivity index (χ0v) is 11.7. The maximum atomic E-state index is 11.6. The van der Waals surface area contributed by atoms with E-state index in [9.17, 15) is 4.79 Å². The van der Waals surface area contributed by atoms with Crippen molar-refractivity contribution in [3.05, 3.63) is 18.2 Å². The number of carbonyl (C=O) groups is 1. The lowest BCUT2D eigenvalue weighted by atomic mass is 10.1. The Morgan fingerprint density at radius 1 is 1.53 bits per heavy atom. The van der Waals surface area contributed by atoms with Gasteiger partial charge in [-0.1, -0.05) is 6.92 Å². The second kappa shape index (κ2) is 5.48. The topological polar surface area (TPSA) is 58.8 Å². The Morgan fingerprint density at radius 2 is 2.26 bits per heavy atom. The van der Waals surface area contributed by atoms with Gasteiger partial charge in [0.05, 0.1) is 5.69 Å². The number of fused-ring (bicyclic) bond motifs is 1. The lowest BCUT2D eigenvalue weighted by Gasteiger charge is -2.29. The van der Waals surface area contributed by atoms with Gasteiger partial charge in [-0.25, -0.2) is 0 Å². The maximum Gasteiger partial charge on any atom is 0.264 e. The van der Waals surface area contributed by atoms with Gasteiger partial charge in [0.15, 0.2) is 6.61 Å². The van der Waals surface area contributed by atoms with Gasteiger partial charge in [-0.15, -0.1) is 0 Å². The molecule has 0 radical (unpaired) electrons. The number of nitrogens with zero attached hydrogens (tertiary/aromatic N) is 2. The van der Waals surface area contributed by atoms with E-state index in [1.54, 1.807) is 11.9 Å². The van der Waals surface area contributed by atoms with Crippen molar-refractivity contribution in [2.45, 2.75) is 6.92 Å². The summed E-state index contributed by atoms with van der Waals surface area (Å²) in [6.45, 7) is 3.78. The molecule has 1 aromatic carbocycles. The predicted octanol–water partition coefficient (Wildman–Crippen LogP) is 1.07. The normalized spacial score (nSPS) is 15.8. The molecule has 0 bridgehead atoms. The van der Waals surface area contributed by atoms with E-state index in [0.717, 1.165) is 23.7 Å². The Morgan fingerprint density at radius 3 is 2.95 bits per heavy atom. The van der Waals surface area contributed by atoms with Crippen molar-refractivity contribution in [1.82, 2.24) is 0 Å². The number of benzene rings is 1. The molecule has 0 fully saturated rings. The van der Waals surface area contributed by atoms with Crippen LogP contribution in [0.5, 0.6) is 5.75 Å². The zero-order valence-electron chi connectivity index (χ0n) is 11.7. The summed E-state index contributed by atoms with van der Waals surface area (Å²) in [5.74, 6) is 1.16. The van der Waals surface area contributed by atoms with Crippen molar-refractivity contribution in [2.75, 3.05) is 43.6 Å². The standard InChI is InChI=1S/C14H21N3O2/c1-10(7-15)8-16(2)11-4-5-13-12(6-11)17(3)14(18)9-19-13/h4-6,10H,7-9,15H2,1-3H3. The molecule has 0 saturated carbocycles. The van der Waals surface area contributed by atoms with Crippen LogP contribution in [-0.4, -0.2) is 39.7 Å². The van der Waals surface area contributed by atoms with E-state index in [1.807, 2.05) is 25.2 Å². The monoisotopic (exact) mass is 263 g/mol. The Bertz CT molecular complexity index is 476. The summed E-state index contributed by atoms with van der Waals surface area (Å²) in [4.78, 5) is 15.4. The maximum absolute atomic E-state index is 11.6. The molecular weight excluding hydrogens is 242 g/mol. The number of carbonyl (C=O) groups excluding carboxylic acids is 1. The summed E-state index contributed by atoms with van der Waals surface area (Å²) in [6, 6.07) is 5.90. The summed E-state index contributed by atoms with van der Waals surface area (Å²) in [7, 11) is 3.80. The van der Waals surface area contributed by atoms with Gasteiger partial charge in [-0.3, -0.25) is 4.79 Å². The van der Waals surface area contributed by atoms with Gasteiger partial charge in [0, 0.05) is 26.3 Å². The van der Waals surface area contributed by atoms with E-state index in [0.29, 0.717) is 12.5 Å². The first-order valence-corrected chi connectivity index (χ1v) is 6.47. The van der Waals surface area contributed by atoms with Crippen LogP contribution >= 0.6 is 0 Å². The summed E-state index contributed by atoms with van der Waals surface area (Å²) in [5, 5.41) is 0. The van der Waals surface area contributed by atoms with Crippen molar-refractivity contribution < 1.29 is 9.53 Å². The summed E-state index contributed by atoms with van der Waals surface area (Å²) in [6.07, 6.45) is 0. The fourth-order valence-electron chi connectivity index (χ4n) is 2.15. The molecule has 0 saturated heterocycles. The quantitative estimate of drug-likeness (QED) is 0.883. The number of hydrogen-bond acceptors (Lipinski definition) is 4. The second-order valence-electron chi connectivity index (χ2n) is 5.11. The molecule has 5 nitrogen and oxygen atoms in total. The average Bonchev–Trinajstić information content (AvgIpc) is 2.42. The summed E-state index contributed by atoms with van der Waals surface area (Å²) < 4.78 is 5.41. The molecule has 1 aromatic rings. The Hall–Kier alpha value is -1.75. The highest BCUT2D eigenvalue weighted by molar-refractivity contribution is 5.97. The fraction of sp³-hybridized carbons (Fsp3) is 0.500. The van der Waals surface area contributed by atoms with Gasteiger partial charge in [0.25, 0.3) is 5.91 Å². The van der Waals surface area contributed by atoms with Crippen molar-refractivity contribution >= 4 is 17.3 Å². The van der Waals surface area contributed by atoms with Gasteiger partial charge < -0.3 is 20.3 Å². The first-order chi connectivity index (χ1) is 9.02. The molecule has 2 N–H and O–H groups in total. The minimum atomic E-state index is -0.0253. The molecule has 1 aliphatic heterocycles. The van der Waals surface area contributed by atoms with Gasteiger partial charge in [0.1, 0.15) is 5.75 Å². The molecule has 0 aromatic heterocycles. The molecule has 2 rings (SSSR count). The highest BCUT2D eigenvalue weighted by Crippen LogP contribution is 2.34. The molecular formula is C14H21N3O2. The van der Waals surface area contributed by atoms with Crippen LogP contribution in [-0.2, 0) is 4.79 Å². The zero-order chi connectivity index (χ0) is 14.0. The van der Waals surface area contributed by atoms with Gasteiger partial charge in [-0.2, -0.15) is 0 Å². The summed E-state index contributed by atoms with van der Waals surface area (Å²) >= 11 is 0. The first kappa shape index (κ1) is 13.7. The van der Waals surface area contributed by atoms with Crippen molar-refractivity contribution in [3.8, 4) is 5.75 Å². The second-order valence-corrected chi connectivity index (χ2v) is 5.11. The van der Waals surface area contributed by atoms with Crippen molar-refractivity contribution in [1.29, 1.82) is 0 Å². The number of anilines is 2. The highest BCUT2D eigenvalue weighted by Gasteiger charge is 2.22. The number of nitrogens with two attached hydrogens (primary N) is 1. The number of ether oxygens (including phenoxy) is 1. The third-order valence-electron chi connectivity index (χ3n) is 3.46. The predicted molar refractivity (Wildman–Crippen MR) is 76.8 cm³/mol. The number of amides is 1. The van der Waals surface area contributed by atoms with Gasteiger partial charge in [0.2, 0.25) is 0 Å². The van der Waals surface area contributed by atoms with Crippen LogP contribution in [0.25, 0.3) is 0 Å².